The molecule has 3 unspecified atom stereocenters. The largest absolute Gasteiger partial charge is 0.355 e. The second kappa shape index (κ2) is 7.41. The van der Waals surface area contributed by atoms with Crippen molar-refractivity contribution in [1.82, 2.24) is 10.2 Å². The monoisotopic (exact) mass is 281 g/mol. The SMILES string of the molecule is CC(C)N1CCC(CNC(=O)C2CCCCCC2N)C1. The van der Waals surface area contributed by atoms with Gasteiger partial charge in [0.15, 0.2) is 0 Å². The summed E-state index contributed by atoms with van der Waals surface area (Å²) in [6.45, 7) is 7.60. The summed E-state index contributed by atoms with van der Waals surface area (Å²) < 4.78 is 0. The first-order valence-electron chi connectivity index (χ1n) is 8.35. The summed E-state index contributed by atoms with van der Waals surface area (Å²) in [7, 11) is 0. The van der Waals surface area contributed by atoms with Crippen LogP contribution in [0.4, 0.5) is 0 Å². The molecule has 1 heterocycles. The molecule has 3 N–H and O–H groups in total. The molecule has 1 saturated carbocycles. The number of hydrogen-bond acceptors (Lipinski definition) is 3. The van der Waals surface area contributed by atoms with E-state index >= 15 is 0 Å². The van der Waals surface area contributed by atoms with Gasteiger partial charge in [-0.1, -0.05) is 19.3 Å². The minimum atomic E-state index is 0.0418. The third-order valence-corrected chi connectivity index (χ3v) is 5.02. The average molecular weight is 281 g/mol. The Labute approximate surface area is 123 Å². The summed E-state index contributed by atoms with van der Waals surface area (Å²) >= 11 is 0. The minimum absolute atomic E-state index is 0.0418. The molecule has 0 aromatic heterocycles. The van der Waals surface area contributed by atoms with Crippen LogP contribution >= 0.6 is 0 Å². The van der Waals surface area contributed by atoms with Crippen LogP contribution < -0.4 is 11.1 Å². The van der Waals surface area contributed by atoms with Crippen molar-refractivity contribution >= 4 is 5.91 Å². The second-order valence-electron chi connectivity index (χ2n) is 6.90. The van der Waals surface area contributed by atoms with Gasteiger partial charge in [0.2, 0.25) is 5.91 Å². The molecule has 0 bridgehead atoms. The molecule has 20 heavy (non-hydrogen) atoms. The molecule has 1 aliphatic heterocycles. The molecule has 0 aromatic carbocycles. The molecular weight excluding hydrogens is 250 g/mol. The van der Waals surface area contributed by atoms with Crippen molar-refractivity contribution in [2.24, 2.45) is 17.6 Å². The maximum absolute atomic E-state index is 12.3. The molecule has 1 saturated heterocycles. The fourth-order valence-electron chi connectivity index (χ4n) is 3.54. The van der Waals surface area contributed by atoms with Gasteiger partial charge < -0.3 is 16.0 Å². The van der Waals surface area contributed by atoms with E-state index in [1.165, 1.54) is 25.8 Å². The number of carbonyl (C=O) groups excluding carboxylic acids is 1. The Hall–Kier alpha value is -0.610. The number of nitrogens with one attached hydrogen (secondary N) is 1. The van der Waals surface area contributed by atoms with E-state index < -0.39 is 0 Å². The highest BCUT2D eigenvalue weighted by Crippen LogP contribution is 2.23. The van der Waals surface area contributed by atoms with Gasteiger partial charge in [0.1, 0.15) is 0 Å². The summed E-state index contributed by atoms with van der Waals surface area (Å²) in [5.74, 6) is 0.853. The van der Waals surface area contributed by atoms with Gasteiger partial charge in [-0.15, -0.1) is 0 Å². The Morgan fingerprint density at radius 2 is 2.00 bits per heavy atom. The number of amides is 1. The first-order chi connectivity index (χ1) is 9.58. The first-order valence-corrected chi connectivity index (χ1v) is 8.35. The molecule has 0 spiro atoms. The van der Waals surface area contributed by atoms with Crippen molar-refractivity contribution in [3.8, 4) is 0 Å². The summed E-state index contributed by atoms with van der Waals surface area (Å²) in [4.78, 5) is 14.8. The molecule has 3 atom stereocenters. The van der Waals surface area contributed by atoms with Crippen LogP contribution in [0.25, 0.3) is 0 Å². The van der Waals surface area contributed by atoms with Crippen LogP contribution in [-0.4, -0.2) is 42.5 Å². The molecular formula is C16H31N3O. The van der Waals surface area contributed by atoms with Crippen LogP contribution in [-0.2, 0) is 4.79 Å². The van der Waals surface area contributed by atoms with Crippen molar-refractivity contribution in [1.29, 1.82) is 0 Å². The van der Waals surface area contributed by atoms with Crippen LogP contribution in [0.2, 0.25) is 0 Å². The van der Waals surface area contributed by atoms with Crippen molar-refractivity contribution < 1.29 is 4.79 Å². The molecule has 1 aliphatic carbocycles. The lowest BCUT2D eigenvalue weighted by Gasteiger charge is -2.22. The summed E-state index contributed by atoms with van der Waals surface area (Å²) in [5.41, 5.74) is 6.16. The third kappa shape index (κ3) is 4.19. The van der Waals surface area contributed by atoms with Crippen LogP contribution in [0.3, 0.4) is 0 Å². The third-order valence-electron chi connectivity index (χ3n) is 5.02. The predicted molar refractivity (Wildman–Crippen MR) is 82.4 cm³/mol. The molecule has 0 radical (unpaired) electrons. The van der Waals surface area contributed by atoms with Crippen molar-refractivity contribution in [2.45, 2.75) is 64.5 Å². The topological polar surface area (TPSA) is 58.4 Å². The molecule has 1 amide bonds. The van der Waals surface area contributed by atoms with E-state index in [2.05, 4.69) is 24.1 Å². The standard InChI is InChI=1S/C16H31N3O/c1-12(2)19-9-8-13(11-19)10-18-16(20)14-6-4-3-5-7-15(14)17/h12-15H,3-11,17H2,1-2H3,(H,18,20). The van der Waals surface area contributed by atoms with Crippen LogP contribution in [0.15, 0.2) is 0 Å². The molecule has 2 rings (SSSR count). The van der Waals surface area contributed by atoms with Crippen molar-refractivity contribution in [3.63, 3.8) is 0 Å². The van der Waals surface area contributed by atoms with Crippen molar-refractivity contribution in [3.05, 3.63) is 0 Å². The van der Waals surface area contributed by atoms with Gasteiger partial charge in [-0.05, 0) is 45.6 Å². The lowest BCUT2D eigenvalue weighted by atomic mass is 9.94. The number of nitrogens with two attached hydrogens (primary N) is 1. The number of nitrogens with zero attached hydrogens (tertiary/aromatic N) is 1. The fourth-order valence-corrected chi connectivity index (χ4v) is 3.54. The highest BCUT2D eigenvalue weighted by Gasteiger charge is 2.29. The molecule has 2 aliphatic rings. The van der Waals surface area contributed by atoms with E-state index in [1.807, 2.05) is 0 Å². The highest BCUT2D eigenvalue weighted by atomic mass is 16.1. The van der Waals surface area contributed by atoms with E-state index in [-0.39, 0.29) is 17.9 Å². The van der Waals surface area contributed by atoms with Gasteiger partial charge in [-0.3, -0.25) is 4.79 Å². The van der Waals surface area contributed by atoms with Gasteiger partial charge in [0, 0.05) is 25.2 Å². The predicted octanol–water partition coefficient (Wildman–Crippen LogP) is 1.74. The second-order valence-corrected chi connectivity index (χ2v) is 6.90. The molecule has 0 aromatic rings. The Bertz CT molecular complexity index is 319. The Kier molecular flexibility index (Phi) is 5.85. The first kappa shape index (κ1) is 15.8. The summed E-state index contributed by atoms with van der Waals surface area (Å²) in [6.07, 6.45) is 6.73. The van der Waals surface area contributed by atoms with Gasteiger partial charge in [-0.25, -0.2) is 0 Å². The van der Waals surface area contributed by atoms with Gasteiger partial charge in [-0.2, -0.15) is 0 Å². The zero-order valence-electron chi connectivity index (χ0n) is 13.1. The molecule has 116 valence electrons. The maximum Gasteiger partial charge on any atom is 0.224 e. The molecule has 4 nitrogen and oxygen atoms in total. The van der Waals surface area contributed by atoms with Gasteiger partial charge in [0.05, 0.1) is 5.92 Å². The normalized spacial score (nSPS) is 32.3. The highest BCUT2D eigenvalue weighted by molar-refractivity contribution is 5.79. The fraction of sp³-hybridized carbons (Fsp3) is 0.938. The van der Waals surface area contributed by atoms with Gasteiger partial charge in [0.25, 0.3) is 0 Å². The average Bonchev–Trinajstić information content (AvgIpc) is 2.79. The lowest BCUT2D eigenvalue weighted by Crippen LogP contribution is -2.43. The minimum Gasteiger partial charge on any atom is -0.355 e. The van der Waals surface area contributed by atoms with Crippen LogP contribution in [0.5, 0.6) is 0 Å². The lowest BCUT2D eigenvalue weighted by molar-refractivity contribution is -0.126. The molecule has 2 fully saturated rings. The number of hydrogen-bond donors (Lipinski definition) is 2. The van der Waals surface area contributed by atoms with E-state index in [9.17, 15) is 4.79 Å². The Morgan fingerprint density at radius 1 is 1.25 bits per heavy atom. The number of carbonyl (C=O) groups is 1. The summed E-state index contributed by atoms with van der Waals surface area (Å²) in [6, 6.07) is 0.680. The van der Waals surface area contributed by atoms with Crippen molar-refractivity contribution in [2.75, 3.05) is 19.6 Å². The van der Waals surface area contributed by atoms with Crippen LogP contribution in [0.1, 0.15) is 52.4 Å². The smallest absolute Gasteiger partial charge is 0.224 e. The van der Waals surface area contributed by atoms with Gasteiger partial charge >= 0.3 is 0 Å². The number of rotatable bonds is 4. The van der Waals surface area contributed by atoms with E-state index in [1.54, 1.807) is 0 Å². The zero-order chi connectivity index (χ0) is 14.5. The maximum atomic E-state index is 12.3. The Morgan fingerprint density at radius 3 is 2.70 bits per heavy atom. The van der Waals surface area contributed by atoms with Crippen LogP contribution in [0, 0.1) is 11.8 Å². The zero-order valence-corrected chi connectivity index (χ0v) is 13.1. The molecule has 4 heteroatoms. The quantitative estimate of drug-likeness (QED) is 0.772. The summed E-state index contributed by atoms with van der Waals surface area (Å²) in [5, 5.41) is 3.17. The van der Waals surface area contributed by atoms with E-state index in [0.717, 1.165) is 32.4 Å². The van der Waals surface area contributed by atoms with E-state index in [4.69, 9.17) is 5.73 Å². The number of likely N-dealkylation sites (tertiary alicyclic amines) is 1. The van der Waals surface area contributed by atoms with E-state index in [0.29, 0.717) is 12.0 Å². The Balaban J connectivity index is 1.74.